The van der Waals surface area contributed by atoms with E-state index in [4.69, 9.17) is 9.88 Å². The van der Waals surface area contributed by atoms with Gasteiger partial charge in [0.1, 0.15) is 5.75 Å². The summed E-state index contributed by atoms with van der Waals surface area (Å²) in [6.45, 7) is 0.327. The van der Waals surface area contributed by atoms with Crippen molar-refractivity contribution in [1.82, 2.24) is 10.3 Å². The molecule has 3 N–H and O–H groups in total. The Morgan fingerprint density at radius 3 is 2.38 bits per heavy atom. The van der Waals surface area contributed by atoms with Crippen molar-refractivity contribution in [2.75, 3.05) is 0 Å². The van der Waals surface area contributed by atoms with Gasteiger partial charge in [-0.15, -0.1) is 0 Å². The van der Waals surface area contributed by atoms with Gasteiger partial charge in [-0.05, 0) is 42.0 Å². The fourth-order valence-electron chi connectivity index (χ4n) is 2.12. The summed E-state index contributed by atoms with van der Waals surface area (Å²) in [5.41, 5.74) is 1.24. The predicted octanol–water partition coefficient (Wildman–Crippen LogP) is 2.51. The van der Waals surface area contributed by atoms with Crippen LogP contribution in [0.2, 0.25) is 0 Å². The first-order chi connectivity index (χ1) is 12.4. The number of sulfonamides is 1. The lowest BCUT2D eigenvalue weighted by molar-refractivity contribution is 0.0951. The van der Waals surface area contributed by atoms with Crippen LogP contribution in [0.15, 0.2) is 65.0 Å². The van der Waals surface area contributed by atoms with Crippen LogP contribution >= 0.6 is 11.3 Å². The summed E-state index contributed by atoms with van der Waals surface area (Å²) in [7, 11) is -3.77. The highest BCUT2D eigenvalue weighted by Crippen LogP contribution is 2.23. The van der Waals surface area contributed by atoms with E-state index >= 15 is 0 Å². The molecule has 0 saturated heterocycles. The Balaban J connectivity index is 1.57. The van der Waals surface area contributed by atoms with E-state index in [1.807, 2.05) is 17.5 Å². The van der Waals surface area contributed by atoms with Gasteiger partial charge in [0.15, 0.2) is 0 Å². The molecule has 0 saturated carbocycles. The SMILES string of the molecule is NS(=O)(=O)c1ccc(C(=O)NCc2ccc(Oc3nccs3)cc2)cc1. The van der Waals surface area contributed by atoms with Gasteiger partial charge in [-0.2, -0.15) is 0 Å². The zero-order valence-electron chi connectivity index (χ0n) is 13.5. The number of ether oxygens (including phenoxy) is 1. The monoisotopic (exact) mass is 389 g/mol. The minimum atomic E-state index is -3.77. The third-order valence-electron chi connectivity index (χ3n) is 3.44. The second-order valence-corrected chi connectivity index (χ2v) is 7.71. The summed E-state index contributed by atoms with van der Waals surface area (Å²) in [6, 6.07) is 12.7. The Bertz CT molecular complexity index is 984. The van der Waals surface area contributed by atoms with E-state index < -0.39 is 10.0 Å². The van der Waals surface area contributed by atoms with Crippen LogP contribution in [0.4, 0.5) is 0 Å². The summed E-state index contributed by atoms with van der Waals surface area (Å²) in [4.78, 5) is 16.1. The molecule has 0 spiro atoms. The van der Waals surface area contributed by atoms with E-state index in [1.165, 1.54) is 35.6 Å². The van der Waals surface area contributed by atoms with Gasteiger partial charge in [0, 0.05) is 23.7 Å². The van der Waals surface area contributed by atoms with Crippen LogP contribution in [-0.2, 0) is 16.6 Å². The lowest BCUT2D eigenvalue weighted by Gasteiger charge is -2.07. The molecule has 1 heterocycles. The maximum absolute atomic E-state index is 12.1. The summed E-state index contributed by atoms with van der Waals surface area (Å²) >= 11 is 1.40. The molecule has 3 aromatic rings. The molecule has 0 radical (unpaired) electrons. The van der Waals surface area contributed by atoms with Crippen molar-refractivity contribution in [3.63, 3.8) is 0 Å². The molecule has 3 rings (SSSR count). The largest absolute Gasteiger partial charge is 0.431 e. The van der Waals surface area contributed by atoms with Crippen LogP contribution < -0.4 is 15.2 Å². The molecule has 0 bridgehead atoms. The Kier molecular flexibility index (Phi) is 5.31. The molecule has 0 aliphatic rings. The number of nitrogens with zero attached hydrogens (tertiary/aromatic N) is 1. The first-order valence-electron chi connectivity index (χ1n) is 7.49. The number of rotatable bonds is 6. The molecule has 0 unspecified atom stereocenters. The number of hydrogen-bond acceptors (Lipinski definition) is 6. The molecule has 1 amide bonds. The smallest absolute Gasteiger partial charge is 0.278 e. The van der Waals surface area contributed by atoms with Crippen molar-refractivity contribution in [2.24, 2.45) is 5.14 Å². The Morgan fingerprint density at radius 2 is 1.81 bits per heavy atom. The molecule has 7 nitrogen and oxygen atoms in total. The fraction of sp³-hybridized carbons (Fsp3) is 0.0588. The van der Waals surface area contributed by atoms with E-state index in [9.17, 15) is 13.2 Å². The maximum Gasteiger partial charge on any atom is 0.278 e. The number of carbonyl (C=O) groups excluding carboxylic acids is 1. The Morgan fingerprint density at radius 1 is 1.12 bits per heavy atom. The van der Waals surface area contributed by atoms with Crippen LogP contribution in [0.5, 0.6) is 10.9 Å². The molecular formula is C17H15N3O4S2. The number of aromatic nitrogens is 1. The van der Waals surface area contributed by atoms with Gasteiger partial charge >= 0.3 is 0 Å². The van der Waals surface area contributed by atoms with Gasteiger partial charge in [0.05, 0.1) is 4.90 Å². The second kappa shape index (κ2) is 7.65. The molecule has 9 heteroatoms. The number of nitrogens with two attached hydrogens (primary N) is 1. The van der Waals surface area contributed by atoms with Crippen LogP contribution in [0.1, 0.15) is 15.9 Å². The van der Waals surface area contributed by atoms with E-state index in [1.54, 1.807) is 18.3 Å². The van der Waals surface area contributed by atoms with Gasteiger partial charge < -0.3 is 10.1 Å². The van der Waals surface area contributed by atoms with Crippen LogP contribution in [-0.4, -0.2) is 19.3 Å². The molecule has 1 aromatic heterocycles. The summed E-state index contributed by atoms with van der Waals surface area (Å²) in [5.74, 6) is 0.350. The summed E-state index contributed by atoms with van der Waals surface area (Å²) in [5, 5.41) is 10.2. The van der Waals surface area contributed by atoms with Crippen molar-refractivity contribution in [3.8, 4) is 10.9 Å². The number of primary sulfonamides is 1. The van der Waals surface area contributed by atoms with Gasteiger partial charge in [0.25, 0.3) is 11.1 Å². The minimum absolute atomic E-state index is 0.0372. The summed E-state index contributed by atoms with van der Waals surface area (Å²) in [6.07, 6.45) is 1.67. The molecule has 0 atom stereocenters. The van der Waals surface area contributed by atoms with Crippen molar-refractivity contribution in [1.29, 1.82) is 0 Å². The van der Waals surface area contributed by atoms with Gasteiger partial charge in [-0.25, -0.2) is 18.5 Å². The highest BCUT2D eigenvalue weighted by Gasteiger charge is 2.10. The Hall–Kier alpha value is -2.75. The number of nitrogens with one attached hydrogen (secondary N) is 1. The first kappa shape index (κ1) is 18.1. The van der Waals surface area contributed by atoms with Gasteiger partial charge in [-0.1, -0.05) is 23.5 Å². The van der Waals surface area contributed by atoms with Crippen molar-refractivity contribution < 1.29 is 17.9 Å². The van der Waals surface area contributed by atoms with Crippen molar-refractivity contribution >= 4 is 27.3 Å². The average molecular weight is 389 g/mol. The molecule has 134 valence electrons. The topological polar surface area (TPSA) is 111 Å². The van der Waals surface area contributed by atoms with Crippen LogP contribution in [0.3, 0.4) is 0 Å². The Labute approximate surface area is 154 Å². The quantitative estimate of drug-likeness (QED) is 0.673. The number of amides is 1. The average Bonchev–Trinajstić information content (AvgIpc) is 3.13. The zero-order chi connectivity index (χ0) is 18.6. The van der Waals surface area contributed by atoms with Crippen molar-refractivity contribution in [3.05, 3.63) is 71.2 Å². The molecule has 0 aliphatic carbocycles. The predicted molar refractivity (Wildman–Crippen MR) is 97.6 cm³/mol. The second-order valence-electron chi connectivity index (χ2n) is 5.30. The fourth-order valence-corrected chi connectivity index (χ4v) is 3.14. The zero-order valence-corrected chi connectivity index (χ0v) is 15.1. The molecule has 26 heavy (non-hydrogen) atoms. The van der Waals surface area contributed by atoms with Gasteiger partial charge in [0.2, 0.25) is 10.0 Å². The van der Waals surface area contributed by atoms with Crippen molar-refractivity contribution in [2.45, 2.75) is 11.4 Å². The third-order valence-corrected chi connectivity index (χ3v) is 5.01. The first-order valence-corrected chi connectivity index (χ1v) is 9.92. The lowest BCUT2D eigenvalue weighted by atomic mass is 10.2. The van der Waals surface area contributed by atoms with Gasteiger partial charge in [-0.3, -0.25) is 4.79 Å². The molecule has 2 aromatic carbocycles. The highest BCUT2D eigenvalue weighted by atomic mass is 32.2. The number of carbonyl (C=O) groups is 1. The van der Waals surface area contributed by atoms with E-state index in [0.717, 1.165) is 5.56 Å². The summed E-state index contributed by atoms with van der Waals surface area (Å²) < 4.78 is 28.0. The minimum Gasteiger partial charge on any atom is -0.431 e. The third kappa shape index (κ3) is 4.66. The maximum atomic E-state index is 12.1. The van der Waals surface area contributed by atoms with E-state index in [0.29, 0.717) is 23.1 Å². The molecule has 0 fully saturated rings. The lowest BCUT2D eigenvalue weighted by Crippen LogP contribution is -2.23. The number of hydrogen-bond donors (Lipinski definition) is 2. The number of benzene rings is 2. The normalized spacial score (nSPS) is 11.1. The molecular weight excluding hydrogens is 374 g/mol. The van der Waals surface area contributed by atoms with Crippen LogP contribution in [0.25, 0.3) is 0 Å². The van der Waals surface area contributed by atoms with Crippen LogP contribution in [0, 0.1) is 0 Å². The van der Waals surface area contributed by atoms with E-state index in [-0.39, 0.29) is 10.8 Å². The standard InChI is InChI=1S/C17H15N3O4S2/c18-26(22,23)15-7-3-13(4-8-15)16(21)20-11-12-1-5-14(6-2-12)24-17-19-9-10-25-17/h1-10H,11H2,(H,20,21)(H2,18,22,23). The van der Waals surface area contributed by atoms with E-state index in [2.05, 4.69) is 10.3 Å². The molecule has 0 aliphatic heterocycles. The highest BCUT2D eigenvalue weighted by molar-refractivity contribution is 7.89. The number of thiazole rings is 1.